The highest BCUT2D eigenvalue weighted by Gasteiger charge is 2.15. The van der Waals surface area contributed by atoms with Gasteiger partial charge in [-0.3, -0.25) is 9.59 Å². The van der Waals surface area contributed by atoms with Crippen molar-refractivity contribution in [2.75, 3.05) is 24.6 Å². The number of carbonyl (C=O) groups excluding carboxylic acids is 2. The molecule has 2 aromatic rings. The Morgan fingerprint density at radius 1 is 1.12 bits per heavy atom. The summed E-state index contributed by atoms with van der Waals surface area (Å²) in [5.41, 5.74) is 2.70. The second-order valence-electron chi connectivity index (χ2n) is 6.01. The number of aryl methyl sites for hydroxylation is 1. The van der Waals surface area contributed by atoms with Crippen molar-refractivity contribution in [3.8, 4) is 5.75 Å². The third-order valence-corrected chi connectivity index (χ3v) is 4.37. The van der Waals surface area contributed by atoms with E-state index in [1.807, 2.05) is 44.2 Å². The molecule has 0 aliphatic rings. The summed E-state index contributed by atoms with van der Waals surface area (Å²) in [5, 5.41) is 3.36. The molecule has 0 atom stereocenters. The molecule has 0 spiro atoms. The predicted octanol–water partition coefficient (Wildman–Crippen LogP) is 3.50. The van der Waals surface area contributed by atoms with Gasteiger partial charge in [0, 0.05) is 30.7 Å². The summed E-state index contributed by atoms with van der Waals surface area (Å²) in [4.78, 5) is 25.5. The lowest BCUT2D eigenvalue weighted by Gasteiger charge is -2.23. The first-order valence-corrected chi connectivity index (χ1v) is 8.75. The molecule has 0 aliphatic carbocycles. The van der Waals surface area contributed by atoms with Gasteiger partial charge in [0.25, 0.3) is 5.91 Å². The van der Waals surface area contributed by atoms with E-state index in [2.05, 4.69) is 5.32 Å². The van der Waals surface area contributed by atoms with Crippen LogP contribution in [-0.2, 0) is 9.59 Å². The molecule has 1 N–H and O–H groups in total. The van der Waals surface area contributed by atoms with Gasteiger partial charge >= 0.3 is 0 Å². The van der Waals surface area contributed by atoms with Crippen LogP contribution in [0.1, 0.15) is 18.1 Å². The Hall–Kier alpha value is -2.53. The molecule has 0 bridgehead atoms. The zero-order valence-electron chi connectivity index (χ0n) is 15.2. The summed E-state index contributed by atoms with van der Waals surface area (Å²) in [6.45, 7) is 5.94. The smallest absolute Gasteiger partial charge is 0.258 e. The number of benzene rings is 2. The Bertz CT molecular complexity index is 775. The van der Waals surface area contributed by atoms with E-state index >= 15 is 0 Å². The number of halogens is 1. The van der Waals surface area contributed by atoms with Crippen LogP contribution in [0.15, 0.2) is 42.5 Å². The number of hydrogen-bond donors (Lipinski definition) is 1. The van der Waals surface area contributed by atoms with Crippen LogP contribution in [0.4, 0.5) is 5.69 Å². The fourth-order valence-electron chi connectivity index (χ4n) is 2.48. The molecule has 0 unspecified atom stereocenters. The lowest BCUT2D eigenvalue weighted by Crippen LogP contribution is -2.39. The van der Waals surface area contributed by atoms with Gasteiger partial charge in [-0.1, -0.05) is 35.4 Å². The lowest BCUT2D eigenvalue weighted by atomic mass is 10.1. The largest absolute Gasteiger partial charge is 0.484 e. The van der Waals surface area contributed by atoms with Gasteiger partial charge in [-0.05, 0) is 43.7 Å². The average Bonchev–Trinajstić information content (AvgIpc) is 2.61. The molecule has 0 fully saturated rings. The number of nitrogens with one attached hydrogen (secondary N) is 1. The zero-order chi connectivity index (χ0) is 19.1. The van der Waals surface area contributed by atoms with Gasteiger partial charge in [-0.15, -0.1) is 0 Å². The third kappa shape index (κ3) is 5.49. The lowest BCUT2D eigenvalue weighted by molar-refractivity contribution is -0.123. The van der Waals surface area contributed by atoms with Gasteiger partial charge in [-0.25, -0.2) is 0 Å². The minimum Gasteiger partial charge on any atom is -0.484 e. The molecular weight excluding hydrogens is 352 g/mol. The quantitative estimate of drug-likeness (QED) is 0.806. The van der Waals surface area contributed by atoms with Crippen molar-refractivity contribution in [3.05, 3.63) is 58.6 Å². The maximum absolute atomic E-state index is 12.0. The monoisotopic (exact) mass is 374 g/mol. The fraction of sp³-hybridized carbons (Fsp3) is 0.300. The number of ether oxygens (including phenoxy) is 1. The number of carbonyl (C=O) groups is 2. The fourth-order valence-corrected chi connectivity index (χ4v) is 2.65. The predicted molar refractivity (Wildman–Crippen MR) is 104 cm³/mol. The summed E-state index contributed by atoms with van der Waals surface area (Å²) in [6.07, 6.45) is 0. The Morgan fingerprint density at radius 3 is 2.46 bits per heavy atom. The van der Waals surface area contributed by atoms with E-state index in [9.17, 15) is 9.59 Å². The van der Waals surface area contributed by atoms with Crippen molar-refractivity contribution in [2.45, 2.75) is 20.8 Å². The number of rotatable bonds is 7. The van der Waals surface area contributed by atoms with E-state index in [1.165, 1.54) is 6.92 Å². The zero-order valence-corrected chi connectivity index (χ0v) is 16.0. The van der Waals surface area contributed by atoms with Crippen LogP contribution < -0.4 is 15.0 Å². The van der Waals surface area contributed by atoms with Crippen molar-refractivity contribution >= 4 is 29.1 Å². The van der Waals surface area contributed by atoms with Crippen molar-refractivity contribution in [1.82, 2.24) is 5.32 Å². The number of nitrogens with zero attached hydrogens (tertiary/aromatic N) is 1. The van der Waals surface area contributed by atoms with Crippen molar-refractivity contribution < 1.29 is 14.3 Å². The minimum absolute atomic E-state index is 0.0701. The van der Waals surface area contributed by atoms with E-state index in [4.69, 9.17) is 16.3 Å². The SMILES string of the molecule is CC(=O)N(CCNC(=O)COc1ccc(C)cc1)c1cccc(Cl)c1C. The Labute approximate surface area is 158 Å². The molecule has 6 heteroatoms. The summed E-state index contributed by atoms with van der Waals surface area (Å²) in [5.74, 6) is 0.295. The molecule has 2 rings (SSSR count). The number of anilines is 1. The first-order valence-electron chi connectivity index (χ1n) is 8.38. The van der Waals surface area contributed by atoms with Crippen LogP contribution in [0.3, 0.4) is 0 Å². The highest BCUT2D eigenvalue weighted by atomic mass is 35.5. The first-order chi connectivity index (χ1) is 12.4. The van der Waals surface area contributed by atoms with Gasteiger partial charge in [-0.2, -0.15) is 0 Å². The molecule has 0 saturated carbocycles. The number of hydrogen-bond acceptors (Lipinski definition) is 3. The molecule has 0 aromatic heterocycles. The van der Waals surface area contributed by atoms with E-state index < -0.39 is 0 Å². The highest BCUT2D eigenvalue weighted by molar-refractivity contribution is 6.31. The molecule has 2 aromatic carbocycles. The average molecular weight is 375 g/mol. The van der Waals surface area contributed by atoms with E-state index in [1.54, 1.807) is 17.0 Å². The van der Waals surface area contributed by atoms with Crippen LogP contribution in [0, 0.1) is 13.8 Å². The molecule has 26 heavy (non-hydrogen) atoms. The molecule has 0 aliphatic heterocycles. The minimum atomic E-state index is -0.239. The molecule has 138 valence electrons. The van der Waals surface area contributed by atoms with Gasteiger partial charge in [0.1, 0.15) is 5.75 Å². The van der Waals surface area contributed by atoms with Crippen LogP contribution in [-0.4, -0.2) is 31.5 Å². The standard InChI is InChI=1S/C20H23ClN2O3/c1-14-7-9-17(10-8-14)26-13-20(25)22-11-12-23(16(3)24)19-6-4-5-18(21)15(19)2/h4-10H,11-13H2,1-3H3,(H,22,25). The molecule has 0 radical (unpaired) electrons. The molecule has 2 amide bonds. The normalized spacial score (nSPS) is 10.3. The topological polar surface area (TPSA) is 58.6 Å². The van der Waals surface area contributed by atoms with E-state index in [0.717, 1.165) is 16.8 Å². The maximum Gasteiger partial charge on any atom is 0.258 e. The summed E-state index contributed by atoms with van der Waals surface area (Å²) >= 11 is 6.13. The van der Waals surface area contributed by atoms with Gasteiger partial charge in [0.15, 0.2) is 6.61 Å². The molecule has 0 heterocycles. The van der Waals surface area contributed by atoms with Crippen LogP contribution >= 0.6 is 11.6 Å². The molecular formula is C20H23ClN2O3. The second kappa shape index (κ2) is 9.25. The van der Waals surface area contributed by atoms with Crippen molar-refractivity contribution in [1.29, 1.82) is 0 Å². The summed E-state index contributed by atoms with van der Waals surface area (Å²) < 4.78 is 5.44. The van der Waals surface area contributed by atoms with Crippen LogP contribution in [0.5, 0.6) is 5.75 Å². The van der Waals surface area contributed by atoms with E-state index in [-0.39, 0.29) is 18.4 Å². The van der Waals surface area contributed by atoms with Gasteiger partial charge < -0.3 is 15.0 Å². The molecule has 0 saturated heterocycles. The van der Waals surface area contributed by atoms with E-state index in [0.29, 0.717) is 23.9 Å². The van der Waals surface area contributed by atoms with Crippen LogP contribution in [0.2, 0.25) is 5.02 Å². The van der Waals surface area contributed by atoms with Gasteiger partial charge in [0.2, 0.25) is 5.91 Å². The molecule has 5 nitrogen and oxygen atoms in total. The summed E-state index contributed by atoms with van der Waals surface area (Å²) in [6, 6.07) is 12.9. The second-order valence-corrected chi connectivity index (χ2v) is 6.41. The Kier molecular flexibility index (Phi) is 7.04. The Balaban J connectivity index is 1.85. The first kappa shape index (κ1) is 19.8. The highest BCUT2D eigenvalue weighted by Crippen LogP contribution is 2.26. The summed E-state index contributed by atoms with van der Waals surface area (Å²) in [7, 11) is 0. The Morgan fingerprint density at radius 2 is 1.81 bits per heavy atom. The number of amides is 2. The van der Waals surface area contributed by atoms with Crippen molar-refractivity contribution in [3.63, 3.8) is 0 Å². The third-order valence-electron chi connectivity index (χ3n) is 3.96. The van der Waals surface area contributed by atoms with Gasteiger partial charge in [0.05, 0.1) is 0 Å². The maximum atomic E-state index is 12.0. The van der Waals surface area contributed by atoms with Crippen LogP contribution in [0.25, 0.3) is 0 Å². The van der Waals surface area contributed by atoms with Crippen molar-refractivity contribution in [2.24, 2.45) is 0 Å².